The van der Waals surface area contributed by atoms with Crippen molar-refractivity contribution in [3.05, 3.63) is 83.3 Å². The van der Waals surface area contributed by atoms with Crippen LogP contribution in [0.4, 0.5) is 19.3 Å². The number of aromatic nitrogens is 2. The number of methoxy groups -OCH3 is 1. The number of halogens is 2. The first kappa shape index (κ1) is 33.7. The molecule has 2 saturated heterocycles. The van der Waals surface area contributed by atoms with Crippen LogP contribution in [0.3, 0.4) is 0 Å². The number of ether oxygens (including phenoxy) is 1. The minimum absolute atomic E-state index is 0.0104. The molecule has 4 heterocycles. The SMILES string of the molecule is COC(=O)N[C@H](C(=O)N1CC2(CC2)C[C@H]1c1ncc(-c2ccc3c(c2)C(F)(F)c2cc(-c4ccc5c(c4)CC(C4N[C@@H]6CC[C@H]4C6)=N5)ccc2-3)[nH]1)C(C)C. The van der Waals surface area contributed by atoms with Crippen molar-refractivity contribution in [2.24, 2.45) is 22.2 Å². The fraction of sp³-hybridized carbons (Fsp3) is 0.442. The number of carbonyl (C=O) groups is 2. The highest BCUT2D eigenvalue weighted by atomic mass is 19.3. The zero-order chi connectivity index (χ0) is 37.1. The normalized spacial score (nSPS) is 25.4. The van der Waals surface area contributed by atoms with Crippen molar-refractivity contribution in [3.63, 3.8) is 0 Å². The summed E-state index contributed by atoms with van der Waals surface area (Å²) in [6, 6.07) is 16.7. The molecule has 54 heavy (non-hydrogen) atoms. The third-order valence-corrected chi connectivity index (χ3v) is 13.1. The van der Waals surface area contributed by atoms with Gasteiger partial charge in [0.15, 0.2) is 0 Å². The van der Waals surface area contributed by atoms with Crippen molar-refractivity contribution in [3.8, 4) is 33.5 Å². The second kappa shape index (κ2) is 12.1. The number of hydrogen-bond donors (Lipinski definition) is 3. The standard InChI is InChI=1S/C43H44F2N6O3/c1-22(2)37(50-41(53)54-3)40(52)51-21-42(12-13-42)19-36(51)39-46-20-35(49-39)25-6-10-30-29-9-5-24(16-31(29)43(44,45)32(30)17-25)23-7-11-33-27(14-23)18-34(48-33)38-26-4-8-28(15-26)47-38/h5-7,9-11,14,16-17,20,22,26,28,36-38,47H,4,8,12-13,15,18-19,21H2,1-3H3,(H,46,49)(H,50,53)/t26-,28+,36-,37-,38?/m0/s1. The summed E-state index contributed by atoms with van der Waals surface area (Å²) in [7, 11) is 1.28. The van der Waals surface area contributed by atoms with Gasteiger partial charge in [0.25, 0.3) is 5.92 Å². The monoisotopic (exact) mass is 730 g/mol. The molecule has 4 aromatic rings. The average Bonchev–Trinajstić information content (AvgIpc) is 3.83. The molecule has 2 bridgehead atoms. The molecule has 5 atom stereocenters. The van der Waals surface area contributed by atoms with Crippen LogP contribution in [0.5, 0.6) is 0 Å². The third kappa shape index (κ3) is 5.33. The smallest absolute Gasteiger partial charge is 0.407 e. The maximum absolute atomic E-state index is 16.4. The van der Waals surface area contributed by atoms with Crippen molar-refractivity contribution in [2.75, 3.05) is 13.7 Å². The number of nitrogens with one attached hydrogen (secondary N) is 3. The number of carbonyl (C=O) groups excluding carboxylic acids is 2. The van der Waals surface area contributed by atoms with E-state index in [0.29, 0.717) is 52.8 Å². The number of alkyl halides is 2. The lowest BCUT2D eigenvalue weighted by Crippen LogP contribution is -2.51. The van der Waals surface area contributed by atoms with E-state index in [2.05, 4.69) is 21.7 Å². The van der Waals surface area contributed by atoms with Gasteiger partial charge >= 0.3 is 6.09 Å². The van der Waals surface area contributed by atoms with E-state index in [-0.39, 0.29) is 34.4 Å². The summed E-state index contributed by atoms with van der Waals surface area (Å²) in [5.41, 5.74) is 7.33. The Labute approximate surface area is 313 Å². The van der Waals surface area contributed by atoms with Crippen LogP contribution in [0, 0.1) is 17.3 Å². The number of rotatable bonds is 7. The average molecular weight is 731 g/mol. The van der Waals surface area contributed by atoms with Gasteiger partial charge in [0.05, 0.1) is 30.7 Å². The quantitative estimate of drug-likeness (QED) is 0.178. The van der Waals surface area contributed by atoms with Crippen molar-refractivity contribution in [2.45, 2.75) is 88.9 Å². The molecule has 6 aliphatic rings. The molecular weight excluding hydrogens is 687 g/mol. The summed E-state index contributed by atoms with van der Waals surface area (Å²) in [6.07, 6.45) is 8.38. The fourth-order valence-electron chi connectivity index (χ4n) is 9.99. The summed E-state index contributed by atoms with van der Waals surface area (Å²) in [5, 5.41) is 6.47. The van der Waals surface area contributed by atoms with Gasteiger partial charge in [-0.05, 0) is 108 Å². The van der Waals surface area contributed by atoms with Crippen molar-refractivity contribution in [1.82, 2.24) is 25.5 Å². The Morgan fingerprint density at radius 2 is 1.70 bits per heavy atom. The van der Waals surface area contributed by atoms with Gasteiger partial charge in [0.2, 0.25) is 5.91 Å². The van der Waals surface area contributed by atoms with Crippen LogP contribution in [0.15, 0.2) is 65.8 Å². The van der Waals surface area contributed by atoms with E-state index < -0.39 is 18.1 Å². The Kier molecular flexibility index (Phi) is 7.51. The number of benzene rings is 3. The van der Waals surface area contributed by atoms with E-state index in [1.807, 2.05) is 49.1 Å². The van der Waals surface area contributed by atoms with E-state index >= 15 is 8.78 Å². The van der Waals surface area contributed by atoms with E-state index in [1.54, 1.807) is 24.4 Å². The number of nitrogens with zero attached hydrogens (tertiary/aromatic N) is 3. The van der Waals surface area contributed by atoms with Crippen LogP contribution < -0.4 is 10.6 Å². The lowest BCUT2D eigenvalue weighted by molar-refractivity contribution is -0.135. The van der Waals surface area contributed by atoms with E-state index in [4.69, 9.17) is 14.7 Å². The molecular formula is C43H44F2N6O3. The Balaban J connectivity index is 0.896. The van der Waals surface area contributed by atoms with E-state index in [0.717, 1.165) is 48.1 Å². The molecule has 1 unspecified atom stereocenters. The van der Waals surface area contributed by atoms with Gasteiger partial charge in [0.1, 0.15) is 11.9 Å². The number of imidazole rings is 1. The van der Waals surface area contributed by atoms with Crippen LogP contribution in [0.2, 0.25) is 0 Å². The zero-order valence-electron chi connectivity index (χ0n) is 30.7. The molecule has 1 spiro atoms. The van der Waals surface area contributed by atoms with Crippen LogP contribution in [0.1, 0.15) is 80.9 Å². The number of alkyl carbamates (subject to hydrolysis) is 1. The molecule has 1 aromatic heterocycles. The number of amides is 2. The molecule has 2 saturated carbocycles. The molecule has 0 radical (unpaired) electrons. The van der Waals surface area contributed by atoms with Gasteiger partial charge < -0.3 is 25.3 Å². The van der Waals surface area contributed by atoms with Crippen LogP contribution >= 0.6 is 0 Å². The fourth-order valence-corrected chi connectivity index (χ4v) is 9.99. The summed E-state index contributed by atoms with van der Waals surface area (Å²) in [6.45, 7) is 4.36. The minimum Gasteiger partial charge on any atom is -0.453 e. The maximum atomic E-state index is 16.4. The lowest BCUT2D eigenvalue weighted by Gasteiger charge is -2.30. The Morgan fingerprint density at radius 1 is 0.981 bits per heavy atom. The Hall–Kier alpha value is -4.90. The van der Waals surface area contributed by atoms with Gasteiger partial charge in [-0.3, -0.25) is 9.79 Å². The van der Waals surface area contributed by atoms with Crippen LogP contribution in [-0.4, -0.2) is 64.4 Å². The van der Waals surface area contributed by atoms with Gasteiger partial charge in [-0.15, -0.1) is 0 Å². The molecule has 4 fully saturated rings. The van der Waals surface area contributed by atoms with Crippen molar-refractivity contribution < 1.29 is 23.1 Å². The minimum atomic E-state index is -3.19. The number of aromatic amines is 1. The molecule has 278 valence electrons. The summed E-state index contributed by atoms with van der Waals surface area (Å²) < 4.78 is 37.7. The van der Waals surface area contributed by atoms with Crippen LogP contribution in [-0.2, 0) is 21.9 Å². The topological polar surface area (TPSA) is 112 Å². The molecule has 9 nitrogen and oxygen atoms in total. The predicted molar refractivity (Wildman–Crippen MR) is 202 cm³/mol. The molecule has 2 amide bonds. The van der Waals surface area contributed by atoms with Gasteiger partial charge in [0, 0.05) is 47.5 Å². The highest BCUT2D eigenvalue weighted by molar-refractivity contribution is 5.99. The zero-order valence-corrected chi connectivity index (χ0v) is 30.7. The Bertz CT molecular complexity index is 2260. The third-order valence-electron chi connectivity index (χ3n) is 13.1. The molecule has 3 aliphatic carbocycles. The number of fused-ring (bicyclic) bond motifs is 6. The van der Waals surface area contributed by atoms with Gasteiger partial charge in [-0.25, -0.2) is 9.78 Å². The maximum Gasteiger partial charge on any atom is 0.407 e. The summed E-state index contributed by atoms with van der Waals surface area (Å²) >= 11 is 0. The molecule has 3 aromatic carbocycles. The summed E-state index contributed by atoms with van der Waals surface area (Å²) in [5.74, 6) is -2.24. The van der Waals surface area contributed by atoms with Gasteiger partial charge in [-0.2, -0.15) is 8.78 Å². The second-order valence-electron chi connectivity index (χ2n) is 16.9. The number of hydrogen-bond acceptors (Lipinski definition) is 6. The van der Waals surface area contributed by atoms with Crippen molar-refractivity contribution in [1.29, 1.82) is 0 Å². The van der Waals surface area contributed by atoms with Crippen LogP contribution in [0.25, 0.3) is 33.5 Å². The van der Waals surface area contributed by atoms with E-state index in [9.17, 15) is 9.59 Å². The molecule has 3 N–H and O–H groups in total. The number of likely N-dealkylation sites (tertiary alicyclic amines) is 1. The first-order valence-corrected chi connectivity index (χ1v) is 19.3. The lowest BCUT2D eigenvalue weighted by atomic mass is 9.92. The predicted octanol–water partition coefficient (Wildman–Crippen LogP) is 8.07. The summed E-state index contributed by atoms with van der Waals surface area (Å²) in [4.78, 5) is 40.9. The van der Waals surface area contributed by atoms with E-state index in [1.165, 1.54) is 32.1 Å². The molecule has 3 aliphatic heterocycles. The Morgan fingerprint density at radius 3 is 2.39 bits per heavy atom. The number of piperidine rings is 1. The number of aliphatic imine (C=N–C) groups is 1. The first-order valence-electron chi connectivity index (χ1n) is 19.3. The van der Waals surface area contributed by atoms with Crippen molar-refractivity contribution >= 4 is 23.4 Å². The highest BCUT2D eigenvalue weighted by Gasteiger charge is 2.55. The second-order valence-corrected chi connectivity index (χ2v) is 16.9. The highest BCUT2D eigenvalue weighted by Crippen LogP contribution is 2.59. The molecule has 11 heteroatoms. The number of H-pyrrole nitrogens is 1. The van der Waals surface area contributed by atoms with Gasteiger partial charge in [-0.1, -0.05) is 44.2 Å². The largest absolute Gasteiger partial charge is 0.453 e. The molecule has 10 rings (SSSR count). The first-order chi connectivity index (χ1) is 26.0.